The summed E-state index contributed by atoms with van der Waals surface area (Å²) in [6.07, 6.45) is 1.92. The third kappa shape index (κ3) is 2.79. The van der Waals surface area contributed by atoms with Crippen LogP contribution in [0.3, 0.4) is 0 Å². The third-order valence-corrected chi connectivity index (χ3v) is 8.78. The van der Waals surface area contributed by atoms with Crippen LogP contribution in [-0.2, 0) is 21.9 Å². The molecule has 1 N–H and O–H groups in total. The fourth-order valence-electron chi connectivity index (χ4n) is 5.31. The summed E-state index contributed by atoms with van der Waals surface area (Å²) < 4.78 is 31.8. The highest BCUT2D eigenvalue weighted by Crippen LogP contribution is 2.64. The predicted octanol–water partition coefficient (Wildman–Crippen LogP) is 2.62. The number of sulfonamides is 1. The summed E-state index contributed by atoms with van der Waals surface area (Å²) in [6, 6.07) is 9.06. The Morgan fingerprint density at radius 2 is 1.83 bits per heavy atom. The Hall–Kier alpha value is -2.35. The molecule has 0 unspecified atom stereocenters. The number of Topliss-reactive ketones (excluding diaryl/α,β-unsaturated/α-hetero) is 1. The van der Waals surface area contributed by atoms with E-state index in [9.17, 15) is 18.0 Å². The zero-order valence-corrected chi connectivity index (χ0v) is 18.0. The van der Waals surface area contributed by atoms with Crippen LogP contribution in [0.15, 0.2) is 35.1 Å². The minimum atomic E-state index is -3.89. The molecular formula is C21H27N3O4S. The van der Waals surface area contributed by atoms with Crippen molar-refractivity contribution in [2.24, 2.45) is 23.8 Å². The maximum Gasteiger partial charge on any atom is 0.296 e. The molecule has 0 amide bonds. The number of para-hydroxylation sites is 1. The van der Waals surface area contributed by atoms with Crippen LogP contribution >= 0.6 is 0 Å². The molecule has 2 aromatic rings. The molecule has 0 radical (unpaired) electrons. The quantitative estimate of drug-likeness (QED) is 0.810. The van der Waals surface area contributed by atoms with Crippen LogP contribution in [0, 0.1) is 23.7 Å². The molecule has 2 atom stereocenters. The molecule has 1 heterocycles. The second kappa shape index (κ2) is 6.32. The maximum atomic E-state index is 13.1. The number of nitrogens with one attached hydrogen (secondary N) is 1. The molecule has 1 aromatic carbocycles. The lowest BCUT2D eigenvalue weighted by atomic mass is 9.70. The van der Waals surface area contributed by atoms with Crippen molar-refractivity contribution in [2.75, 3.05) is 10.5 Å². The monoisotopic (exact) mass is 417 g/mol. The highest BCUT2D eigenvalue weighted by atomic mass is 32.2. The first-order valence-corrected chi connectivity index (χ1v) is 11.5. The molecule has 2 aliphatic rings. The zero-order valence-electron chi connectivity index (χ0n) is 17.2. The van der Waals surface area contributed by atoms with Crippen molar-refractivity contribution in [3.8, 4) is 5.69 Å². The van der Waals surface area contributed by atoms with Crippen LogP contribution in [0.1, 0.15) is 38.8 Å². The van der Waals surface area contributed by atoms with Crippen molar-refractivity contribution >= 4 is 21.5 Å². The number of carbonyl (C=O) groups is 1. The van der Waals surface area contributed by atoms with E-state index in [4.69, 9.17) is 0 Å². The summed E-state index contributed by atoms with van der Waals surface area (Å²) in [5.74, 6) is -0.00359. The van der Waals surface area contributed by atoms with Gasteiger partial charge < -0.3 is 0 Å². The number of rotatable bonds is 5. The van der Waals surface area contributed by atoms with Crippen LogP contribution in [-0.4, -0.2) is 29.3 Å². The van der Waals surface area contributed by atoms with E-state index in [1.807, 2.05) is 32.0 Å². The van der Waals surface area contributed by atoms with Gasteiger partial charge in [-0.1, -0.05) is 32.0 Å². The number of anilines is 1. The Bertz CT molecular complexity index is 1140. The molecule has 2 saturated carbocycles. The van der Waals surface area contributed by atoms with Crippen LogP contribution < -0.4 is 10.3 Å². The molecular weight excluding hydrogens is 390 g/mol. The summed E-state index contributed by atoms with van der Waals surface area (Å²) in [4.78, 5) is 25.7. The number of ketones is 1. The van der Waals surface area contributed by atoms with E-state index in [0.717, 1.165) is 6.42 Å². The van der Waals surface area contributed by atoms with Crippen LogP contribution in [0.25, 0.3) is 5.69 Å². The SMILES string of the molecule is Cc1c(NS(=O)(=O)C[C@@]23CC[C@H](CC2=O)C3(C)C)c(=O)n(-c2ccccc2)n1C. The molecule has 1 aromatic heterocycles. The lowest BCUT2D eigenvalue weighted by Crippen LogP contribution is -2.43. The van der Waals surface area contributed by atoms with Gasteiger partial charge in [-0.2, -0.15) is 0 Å². The van der Waals surface area contributed by atoms with E-state index in [0.29, 0.717) is 24.2 Å². The third-order valence-electron chi connectivity index (χ3n) is 7.39. The molecule has 7 nitrogen and oxygen atoms in total. The summed E-state index contributed by atoms with van der Waals surface area (Å²) in [5.41, 5.74) is -0.456. The van der Waals surface area contributed by atoms with Gasteiger partial charge in [0.15, 0.2) is 0 Å². The van der Waals surface area contributed by atoms with Gasteiger partial charge in [0.1, 0.15) is 11.5 Å². The smallest absolute Gasteiger partial charge is 0.296 e. The van der Waals surface area contributed by atoms with Gasteiger partial charge in [-0.05, 0) is 43.2 Å². The Balaban J connectivity index is 1.70. The van der Waals surface area contributed by atoms with Gasteiger partial charge in [0.25, 0.3) is 5.56 Å². The molecule has 29 heavy (non-hydrogen) atoms. The molecule has 8 heteroatoms. The Labute approximate surface area is 170 Å². The van der Waals surface area contributed by atoms with Crippen LogP contribution in [0.2, 0.25) is 0 Å². The molecule has 156 valence electrons. The predicted molar refractivity (Wildman–Crippen MR) is 112 cm³/mol. The number of aromatic nitrogens is 2. The Kier molecular flexibility index (Phi) is 4.35. The molecule has 0 saturated heterocycles. The average Bonchev–Trinajstić information content (AvgIpc) is 3.09. The van der Waals surface area contributed by atoms with Gasteiger partial charge >= 0.3 is 0 Å². The van der Waals surface area contributed by atoms with Gasteiger partial charge in [0.05, 0.1) is 22.5 Å². The Morgan fingerprint density at radius 3 is 2.38 bits per heavy atom. The summed E-state index contributed by atoms with van der Waals surface area (Å²) in [5, 5.41) is 0. The number of fused-ring (bicyclic) bond motifs is 2. The number of hydrogen-bond donors (Lipinski definition) is 1. The van der Waals surface area contributed by atoms with Gasteiger partial charge in [0.2, 0.25) is 10.0 Å². The molecule has 0 spiro atoms. The molecule has 0 aliphatic heterocycles. The Morgan fingerprint density at radius 1 is 1.17 bits per heavy atom. The van der Waals surface area contributed by atoms with E-state index >= 15 is 0 Å². The van der Waals surface area contributed by atoms with E-state index in [1.165, 1.54) is 4.68 Å². The van der Waals surface area contributed by atoms with Crippen LogP contribution in [0.5, 0.6) is 0 Å². The van der Waals surface area contributed by atoms with Crippen molar-refractivity contribution in [3.63, 3.8) is 0 Å². The second-order valence-electron chi connectivity index (χ2n) is 8.96. The summed E-state index contributed by atoms with van der Waals surface area (Å²) >= 11 is 0. The van der Waals surface area contributed by atoms with Gasteiger partial charge in [0, 0.05) is 13.5 Å². The summed E-state index contributed by atoms with van der Waals surface area (Å²) in [6.45, 7) is 5.70. The van der Waals surface area contributed by atoms with Crippen molar-refractivity contribution in [2.45, 2.75) is 40.0 Å². The fourth-order valence-corrected chi connectivity index (χ4v) is 7.25. The van der Waals surface area contributed by atoms with Crippen molar-refractivity contribution in [1.82, 2.24) is 9.36 Å². The highest BCUT2D eigenvalue weighted by Gasteiger charge is 2.65. The first-order chi connectivity index (χ1) is 13.5. The number of carbonyl (C=O) groups excluding carboxylic acids is 1. The van der Waals surface area contributed by atoms with Crippen molar-refractivity contribution < 1.29 is 13.2 Å². The topological polar surface area (TPSA) is 90.2 Å². The number of nitrogens with zero attached hydrogens (tertiary/aromatic N) is 2. The first-order valence-electron chi connectivity index (χ1n) is 9.88. The zero-order chi connectivity index (χ0) is 21.2. The van der Waals surface area contributed by atoms with E-state index in [1.54, 1.807) is 30.8 Å². The second-order valence-corrected chi connectivity index (χ2v) is 10.7. The number of benzene rings is 1. The largest absolute Gasteiger partial charge is 0.299 e. The standard InChI is InChI=1S/C21H27N3O4S/c1-14-18(19(26)24(23(14)4)16-8-6-5-7-9-16)22-29(27,28)13-21-11-10-15(12-17(21)25)20(21,2)3/h5-9,15,22H,10-13H2,1-4H3/t15-,21+/m1/s1. The minimum Gasteiger partial charge on any atom is -0.299 e. The lowest BCUT2D eigenvalue weighted by molar-refractivity contribution is -0.128. The van der Waals surface area contributed by atoms with Gasteiger partial charge in [-0.25, -0.2) is 13.1 Å². The van der Waals surface area contributed by atoms with E-state index < -0.39 is 21.0 Å². The van der Waals surface area contributed by atoms with Gasteiger partial charge in [-0.15, -0.1) is 0 Å². The summed E-state index contributed by atoms with van der Waals surface area (Å²) in [7, 11) is -2.18. The molecule has 2 aliphatic carbocycles. The first kappa shape index (κ1) is 19.9. The lowest BCUT2D eigenvalue weighted by Gasteiger charge is -2.36. The normalized spacial score (nSPS) is 25.5. The highest BCUT2D eigenvalue weighted by molar-refractivity contribution is 7.92. The van der Waals surface area contributed by atoms with Gasteiger partial charge in [-0.3, -0.25) is 19.0 Å². The van der Waals surface area contributed by atoms with Crippen molar-refractivity contribution in [3.05, 3.63) is 46.4 Å². The minimum absolute atomic E-state index is 0.0329. The van der Waals surface area contributed by atoms with Crippen LogP contribution in [0.4, 0.5) is 5.69 Å². The molecule has 2 bridgehead atoms. The fraction of sp³-hybridized carbons (Fsp3) is 0.524. The molecule has 4 rings (SSSR count). The average molecular weight is 418 g/mol. The number of hydrogen-bond acceptors (Lipinski definition) is 4. The van der Waals surface area contributed by atoms with E-state index in [-0.39, 0.29) is 28.6 Å². The van der Waals surface area contributed by atoms with Crippen molar-refractivity contribution in [1.29, 1.82) is 0 Å². The molecule has 2 fully saturated rings. The maximum absolute atomic E-state index is 13.1. The van der Waals surface area contributed by atoms with E-state index in [2.05, 4.69) is 4.72 Å².